The van der Waals surface area contributed by atoms with Gasteiger partial charge in [0, 0.05) is 18.1 Å². The molecule has 0 aliphatic rings. The zero-order chi connectivity index (χ0) is 19.4. The molecular weight excluding hydrogens is 362 g/mol. The van der Waals surface area contributed by atoms with E-state index < -0.39 is 15.7 Å². The first-order chi connectivity index (χ1) is 12.9. The monoisotopic (exact) mass is 385 g/mol. The highest BCUT2D eigenvalue weighted by Crippen LogP contribution is 2.19. The van der Waals surface area contributed by atoms with Gasteiger partial charge in [0.25, 0.3) is 5.91 Å². The molecular formula is C20H23N3O3S. The van der Waals surface area contributed by atoms with Crippen LogP contribution >= 0.6 is 0 Å². The molecule has 1 N–H and O–H groups in total. The molecule has 3 aromatic rings. The van der Waals surface area contributed by atoms with Crippen LogP contribution in [0.4, 0.5) is 5.69 Å². The standard InChI is InChI=1S/C20H23N3O3S/c1-3-4-5-8-15-10-12-16(13-11-15)21-19(24)18-17-9-6-7-14-23(17)20(22-18)27(2,25)26/h6-7,9-14H,3-5,8H2,1-2H3,(H,21,24). The largest absolute Gasteiger partial charge is 0.321 e. The second-order valence-corrected chi connectivity index (χ2v) is 8.49. The normalized spacial score (nSPS) is 11.6. The molecule has 0 aliphatic carbocycles. The number of nitrogens with one attached hydrogen (secondary N) is 1. The number of rotatable bonds is 7. The van der Waals surface area contributed by atoms with Gasteiger partial charge in [-0.25, -0.2) is 13.4 Å². The van der Waals surface area contributed by atoms with Gasteiger partial charge in [-0.1, -0.05) is 38.0 Å². The van der Waals surface area contributed by atoms with Gasteiger partial charge >= 0.3 is 0 Å². The van der Waals surface area contributed by atoms with Crippen molar-refractivity contribution in [2.75, 3.05) is 11.6 Å². The van der Waals surface area contributed by atoms with E-state index in [9.17, 15) is 13.2 Å². The van der Waals surface area contributed by atoms with Crippen LogP contribution in [-0.4, -0.2) is 30.0 Å². The summed E-state index contributed by atoms with van der Waals surface area (Å²) in [6.07, 6.45) is 7.22. The molecule has 1 amide bonds. The highest BCUT2D eigenvalue weighted by atomic mass is 32.2. The van der Waals surface area contributed by atoms with Gasteiger partial charge in [0.05, 0.1) is 5.52 Å². The van der Waals surface area contributed by atoms with Crippen LogP contribution in [0, 0.1) is 0 Å². The third-order valence-electron chi connectivity index (χ3n) is 4.34. The number of imidazole rings is 1. The Kier molecular flexibility index (Phi) is 5.60. The molecule has 7 heteroatoms. The smallest absolute Gasteiger partial charge is 0.276 e. The van der Waals surface area contributed by atoms with Gasteiger partial charge in [-0.15, -0.1) is 0 Å². The zero-order valence-corrected chi connectivity index (χ0v) is 16.3. The quantitative estimate of drug-likeness (QED) is 0.629. The maximum atomic E-state index is 12.7. The fourth-order valence-electron chi connectivity index (χ4n) is 2.96. The van der Waals surface area contributed by atoms with Gasteiger partial charge in [-0.05, 0) is 42.7 Å². The lowest BCUT2D eigenvalue weighted by atomic mass is 10.1. The molecule has 0 aliphatic heterocycles. The SMILES string of the molecule is CCCCCc1ccc(NC(=O)c2nc(S(C)(=O)=O)n3ccccc23)cc1. The highest BCUT2D eigenvalue weighted by molar-refractivity contribution is 7.90. The van der Waals surface area contributed by atoms with E-state index in [1.165, 1.54) is 22.8 Å². The van der Waals surface area contributed by atoms with E-state index in [1.54, 1.807) is 24.4 Å². The second kappa shape index (κ2) is 7.92. The van der Waals surface area contributed by atoms with E-state index in [4.69, 9.17) is 0 Å². The average Bonchev–Trinajstić information content (AvgIpc) is 3.03. The Morgan fingerprint density at radius 3 is 2.52 bits per heavy atom. The number of anilines is 1. The van der Waals surface area contributed by atoms with E-state index in [0.29, 0.717) is 11.2 Å². The number of hydrogen-bond acceptors (Lipinski definition) is 4. The Morgan fingerprint density at radius 2 is 1.85 bits per heavy atom. The van der Waals surface area contributed by atoms with Crippen LogP contribution in [-0.2, 0) is 16.3 Å². The lowest BCUT2D eigenvalue weighted by molar-refractivity contribution is 0.102. The van der Waals surface area contributed by atoms with E-state index in [1.807, 2.05) is 24.3 Å². The van der Waals surface area contributed by atoms with Crippen LogP contribution in [0.5, 0.6) is 0 Å². The minimum atomic E-state index is -3.56. The number of aromatic nitrogens is 2. The number of hydrogen-bond donors (Lipinski definition) is 1. The van der Waals surface area contributed by atoms with Gasteiger partial charge < -0.3 is 5.32 Å². The van der Waals surface area contributed by atoms with Crippen molar-refractivity contribution < 1.29 is 13.2 Å². The molecule has 6 nitrogen and oxygen atoms in total. The van der Waals surface area contributed by atoms with Crippen LogP contribution in [0.1, 0.15) is 42.2 Å². The maximum Gasteiger partial charge on any atom is 0.276 e. The predicted molar refractivity (Wildman–Crippen MR) is 106 cm³/mol. The lowest BCUT2D eigenvalue weighted by Crippen LogP contribution is -2.13. The number of sulfone groups is 1. The Labute approximate surface area is 159 Å². The van der Waals surface area contributed by atoms with Crippen molar-refractivity contribution in [1.82, 2.24) is 9.38 Å². The number of amides is 1. The van der Waals surface area contributed by atoms with Gasteiger partial charge in [0.1, 0.15) is 0 Å². The molecule has 0 atom stereocenters. The van der Waals surface area contributed by atoms with Crippen LogP contribution in [0.3, 0.4) is 0 Å². The van der Waals surface area contributed by atoms with E-state index >= 15 is 0 Å². The second-order valence-electron chi connectivity index (χ2n) is 6.58. The van der Waals surface area contributed by atoms with Crippen molar-refractivity contribution in [2.24, 2.45) is 0 Å². The number of carbonyl (C=O) groups excluding carboxylic acids is 1. The molecule has 0 radical (unpaired) electrons. The molecule has 0 fully saturated rings. The summed E-state index contributed by atoms with van der Waals surface area (Å²) in [5.74, 6) is -0.438. The summed E-state index contributed by atoms with van der Waals surface area (Å²) < 4.78 is 25.4. The number of nitrogens with zero attached hydrogens (tertiary/aromatic N) is 2. The first kappa shape index (κ1) is 19.1. The third kappa shape index (κ3) is 4.36. The first-order valence-corrected chi connectivity index (χ1v) is 10.9. The van der Waals surface area contributed by atoms with Crippen molar-refractivity contribution in [2.45, 2.75) is 37.8 Å². The molecule has 142 valence electrons. The number of aryl methyl sites for hydroxylation is 1. The Bertz CT molecular complexity index is 1050. The summed E-state index contributed by atoms with van der Waals surface area (Å²) in [5.41, 5.74) is 2.42. The van der Waals surface area contributed by atoms with E-state index in [2.05, 4.69) is 17.2 Å². The Morgan fingerprint density at radius 1 is 1.11 bits per heavy atom. The number of pyridine rings is 1. The minimum absolute atomic E-state index is 0.0862. The molecule has 2 heterocycles. The Balaban J connectivity index is 1.83. The zero-order valence-electron chi connectivity index (χ0n) is 15.5. The summed E-state index contributed by atoms with van der Waals surface area (Å²) in [5, 5.41) is 2.66. The molecule has 0 saturated heterocycles. The summed E-state index contributed by atoms with van der Waals surface area (Å²) in [7, 11) is -3.56. The number of fused-ring (bicyclic) bond motifs is 1. The van der Waals surface area contributed by atoms with Crippen molar-refractivity contribution in [3.05, 3.63) is 59.9 Å². The summed E-state index contributed by atoms with van der Waals surface area (Å²) >= 11 is 0. The van der Waals surface area contributed by atoms with Crippen molar-refractivity contribution in [1.29, 1.82) is 0 Å². The average molecular weight is 385 g/mol. The topological polar surface area (TPSA) is 80.5 Å². The molecule has 0 unspecified atom stereocenters. The summed E-state index contributed by atoms with van der Waals surface area (Å²) in [4.78, 5) is 16.8. The third-order valence-corrected chi connectivity index (χ3v) is 5.29. The van der Waals surface area contributed by atoms with E-state index in [-0.39, 0.29) is 10.9 Å². The highest BCUT2D eigenvalue weighted by Gasteiger charge is 2.22. The van der Waals surface area contributed by atoms with Crippen LogP contribution in [0.2, 0.25) is 0 Å². The fourth-order valence-corrected chi connectivity index (χ4v) is 3.74. The van der Waals surface area contributed by atoms with Gasteiger partial charge in [-0.3, -0.25) is 9.20 Å². The molecule has 1 aromatic carbocycles. The van der Waals surface area contributed by atoms with E-state index in [0.717, 1.165) is 19.1 Å². The van der Waals surface area contributed by atoms with Crippen molar-refractivity contribution in [3.63, 3.8) is 0 Å². The number of carbonyl (C=O) groups is 1. The minimum Gasteiger partial charge on any atom is -0.321 e. The molecule has 2 aromatic heterocycles. The fraction of sp³-hybridized carbons (Fsp3) is 0.300. The van der Waals surface area contributed by atoms with Crippen LogP contribution in [0.25, 0.3) is 5.52 Å². The Hall–Kier alpha value is -2.67. The number of unbranched alkanes of at least 4 members (excludes halogenated alkanes) is 2. The van der Waals surface area contributed by atoms with Crippen molar-refractivity contribution >= 4 is 26.9 Å². The van der Waals surface area contributed by atoms with Gasteiger partial charge in [0.15, 0.2) is 5.69 Å². The van der Waals surface area contributed by atoms with Crippen molar-refractivity contribution in [3.8, 4) is 0 Å². The van der Waals surface area contributed by atoms with Crippen LogP contribution in [0.15, 0.2) is 53.8 Å². The molecule has 0 saturated carbocycles. The summed E-state index contributed by atoms with van der Waals surface area (Å²) in [6.45, 7) is 2.17. The molecule has 0 bridgehead atoms. The predicted octanol–water partition coefficient (Wildman–Crippen LogP) is 3.72. The number of benzene rings is 1. The van der Waals surface area contributed by atoms with Gasteiger partial charge in [-0.2, -0.15) is 0 Å². The molecule has 27 heavy (non-hydrogen) atoms. The lowest BCUT2D eigenvalue weighted by Gasteiger charge is -2.06. The maximum absolute atomic E-state index is 12.7. The van der Waals surface area contributed by atoms with Gasteiger partial charge in [0.2, 0.25) is 15.0 Å². The summed E-state index contributed by atoms with van der Waals surface area (Å²) in [6, 6.07) is 12.8. The first-order valence-electron chi connectivity index (χ1n) is 8.97. The molecule has 0 spiro atoms. The van der Waals surface area contributed by atoms with Crippen LogP contribution < -0.4 is 5.32 Å². The molecule has 3 rings (SSSR count).